The van der Waals surface area contributed by atoms with Gasteiger partial charge in [-0.15, -0.1) is 0 Å². The fraction of sp³-hybridized carbons (Fsp3) is 0.750. The Morgan fingerprint density at radius 1 is 1.23 bits per heavy atom. The standard InChI is InChI=1S/C16H27N3O3/c1-2-22-15(20)13-10-18-16(21)19-14(13)11-17-12-8-6-4-3-5-7-9-12/h12,17H,2-11H2,1H3,(H2,18,19,21). The maximum Gasteiger partial charge on any atom is 0.337 e. The molecule has 1 fully saturated rings. The maximum atomic E-state index is 12.0. The Bertz CT molecular complexity index is 426. The van der Waals surface area contributed by atoms with Crippen molar-refractivity contribution in [2.45, 2.75) is 57.9 Å². The largest absolute Gasteiger partial charge is 0.463 e. The minimum absolute atomic E-state index is 0.229. The molecule has 2 aliphatic rings. The molecule has 22 heavy (non-hydrogen) atoms. The van der Waals surface area contributed by atoms with Crippen molar-refractivity contribution in [3.8, 4) is 0 Å². The van der Waals surface area contributed by atoms with Crippen molar-refractivity contribution in [1.82, 2.24) is 16.0 Å². The first-order chi connectivity index (χ1) is 10.7. The number of urea groups is 1. The van der Waals surface area contributed by atoms with Crippen molar-refractivity contribution in [1.29, 1.82) is 0 Å². The van der Waals surface area contributed by atoms with Gasteiger partial charge in [0.05, 0.1) is 18.7 Å². The van der Waals surface area contributed by atoms with E-state index in [1.165, 1.54) is 32.1 Å². The van der Waals surface area contributed by atoms with E-state index in [0.29, 0.717) is 30.5 Å². The first kappa shape index (κ1) is 16.8. The lowest BCUT2D eigenvalue weighted by atomic mass is 9.96. The molecule has 0 spiro atoms. The molecular formula is C16H27N3O3. The molecule has 0 atom stereocenters. The number of rotatable bonds is 5. The summed E-state index contributed by atoms with van der Waals surface area (Å²) in [6.07, 6.45) is 8.75. The van der Waals surface area contributed by atoms with Crippen LogP contribution < -0.4 is 16.0 Å². The Kier molecular flexibility index (Phi) is 6.71. The zero-order valence-electron chi connectivity index (χ0n) is 13.4. The normalized spacial score (nSPS) is 20.7. The van der Waals surface area contributed by atoms with Gasteiger partial charge in [0.1, 0.15) is 0 Å². The van der Waals surface area contributed by atoms with E-state index in [4.69, 9.17) is 4.74 Å². The summed E-state index contributed by atoms with van der Waals surface area (Å²) in [7, 11) is 0. The number of hydrogen-bond donors (Lipinski definition) is 3. The highest BCUT2D eigenvalue weighted by atomic mass is 16.5. The number of esters is 1. The summed E-state index contributed by atoms with van der Waals surface area (Å²) in [5.41, 5.74) is 1.16. The van der Waals surface area contributed by atoms with Crippen LogP contribution in [0.25, 0.3) is 0 Å². The third kappa shape index (κ3) is 5.02. The first-order valence-electron chi connectivity index (χ1n) is 8.38. The molecular weight excluding hydrogens is 282 g/mol. The Hall–Kier alpha value is -1.56. The van der Waals surface area contributed by atoms with E-state index < -0.39 is 0 Å². The fourth-order valence-electron chi connectivity index (χ4n) is 3.00. The van der Waals surface area contributed by atoms with Crippen LogP contribution in [-0.4, -0.2) is 37.7 Å². The second-order valence-electron chi connectivity index (χ2n) is 5.91. The van der Waals surface area contributed by atoms with Gasteiger partial charge in [-0.2, -0.15) is 0 Å². The number of nitrogens with one attached hydrogen (secondary N) is 3. The molecule has 2 rings (SSSR count). The van der Waals surface area contributed by atoms with E-state index in [9.17, 15) is 9.59 Å². The highest BCUT2D eigenvalue weighted by Gasteiger charge is 2.24. The van der Waals surface area contributed by atoms with Crippen molar-refractivity contribution in [2.75, 3.05) is 19.7 Å². The third-order valence-electron chi connectivity index (χ3n) is 4.25. The summed E-state index contributed by atoms with van der Waals surface area (Å²) in [6.45, 7) is 2.85. The predicted octanol–water partition coefficient (Wildman–Crippen LogP) is 1.82. The summed E-state index contributed by atoms with van der Waals surface area (Å²) < 4.78 is 5.06. The van der Waals surface area contributed by atoms with Gasteiger partial charge in [0.15, 0.2) is 0 Å². The molecule has 6 heteroatoms. The molecule has 0 saturated heterocycles. The van der Waals surface area contributed by atoms with Crippen LogP contribution in [0.2, 0.25) is 0 Å². The van der Waals surface area contributed by atoms with E-state index in [2.05, 4.69) is 16.0 Å². The Morgan fingerprint density at radius 2 is 1.91 bits per heavy atom. The molecule has 2 amide bonds. The van der Waals surface area contributed by atoms with E-state index >= 15 is 0 Å². The van der Waals surface area contributed by atoms with Crippen molar-refractivity contribution >= 4 is 12.0 Å². The minimum atomic E-state index is -0.357. The molecule has 0 aromatic rings. The molecule has 1 aliphatic heterocycles. The lowest BCUT2D eigenvalue weighted by Crippen LogP contribution is -2.47. The van der Waals surface area contributed by atoms with Gasteiger partial charge in [0, 0.05) is 18.3 Å². The molecule has 0 aromatic carbocycles. The van der Waals surface area contributed by atoms with Gasteiger partial charge in [-0.25, -0.2) is 9.59 Å². The van der Waals surface area contributed by atoms with Crippen LogP contribution in [0.15, 0.2) is 11.3 Å². The highest BCUT2D eigenvalue weighted by Crippen LogP contribution is 2.17. The topological polar surface area (TPSA) is 79.5 Å². The quantitative estimate of drug-likeness (QED) is 0.677. The van der Waals surface area contributed by atoms with Crippen molar-refractivity contribution < 1.29 is 14.3 Å². The SMILES string of the molecule is CCOC(=O)C1=C(CNC2CCCCCCC2)NC(=O)NC1. The zero-order valence-corrected chi connectivity index (χ0v) is 13.4. The second-order valence-corrected chi connectivity index (χ2v) is 5.91. The molecule has 124 valence electrons. The van der Waals surface area contributed by atoms with Crippen LogP contribution in [0, 0.1) is 0 Å². The van der Waals surface area contributed by atoms with Crippen LogP contribution >= 0.6 is 0 Å². The number of hydrogen-bond acceptors (Lipinski definition) is 4. The number of amides is 2. The van der Waals surface area contributed by atoms with Crippen molar-refractivity contribution in [3.05, 3.63) is 11.3 Å². The summed E-state index contributed by atoms with van der Waals surface area (Å²) in [5, 5.41) is 8.86. The molecule has 1 aliphatic carbocycles. The monoisotopic (exact) mass is 309 g/mol. The van der Waals surface area contributed by atoms with Gasteiger partial charge in [-0.3, -0.25) is 0 Å². The maximum absolute atomic E-state index is 12.0. The average molecular weight is 309 g/mol. The molecule has 6 nitrogen and oxygen atoms in total. The molecule has 0 aromatic heterocycles. The number of carbonyl (C=O) groups excluding carboxylic acids is 2. The summed E-state index contributed by atoms with van der Waals surface area (Å²) >= 11 is 0. The highest BCUT2D eigenvalue weighted by molar-refractivity contribution is 5.93. The number of carbonyl (C=O) groups is 2. The lowest BCUT2D eigenvalue weighted by Gasteiger charge is -2.25. The third-order valence-corrected chi connectivity index (χ3v) is 4.25. The minimum Gasteiger partial charge on any atom is -0.463 e. The molecule has 0 bridgehead atoms. The van der Waals surface area contributed by atoms with Gasteiger partial charge in [0.2, 0.25) is 0 Å². The smallest absolute Gasteiger partial charge is 0.337 e. The molecule has 1 saturated carbocycles. The van der Waals surface area contributed by atoms with Crippen molar-refractivity contribution in [3.63, 3.8) is 0 Å². The lowest BCUT2D eigenvalue weighted by molar-refractivity contribution is -0.138. The van der Waals surface area contributed by atoms with E-state index in [-0.39, 0.29) is 18.5 Å². The van der Waals surface area contributed by atoms with Crippen molar-refractivity contribution in [2.24, 2.45) is 0 Å². The molecule has 0 radical (unpaired) electrons. The van der Waals surface area contributed by atoms with Crippen LogP contribution in [0.4, 0.5) is 4.79 Å². The average Bonchev–Trinajstić information content (AvgIpc) is 2.46. The Balaban J connectivity index is 1.96. The van der Waals surface area contributed by atoms with E-state index in [0.717, 1.165) is 12.8 Å². The molecule has 1 heterocycles. The Labute approximate surface area is 132 Å². The summed E-state index contributed by atoms with van der Waals surface area (Å²) in [5.74, 6) is -0.357. The van der Waals surface area contributed by atoms with Crippen LogP contribution in [0.3, 0.4) is 0 Å². The zero-order chi connectivity index (χ0) is 15.8. The van der Waals surface area contributed by atoms with Gasteiger partial charge < -0.3 is 20.7 Å². The number of ether oxygens (including phenoxy) is 1. The van der Waals surface area contributed by atoms with Crippen LogP contribution in [-0.2, 0) is 9.53 Å². The predicted molar refractivity (Wildman–Crippen MR) is 84.3 cm³/mol. The Morgan fingerprint density at radius 3 is 2.59 bits per heavy atom. The first-order valence-corrected chi connectivity index (χ1v) is 8.38. The summed E-state index contributed by atoms with van der Waals surface area (Å²) in [4.78, 5) is 23.5. The summed E-state index contributed by atoms with van der Waals surface area (Å²) in [6, 6.07) is 0.200. The van der Waals surface area contributed by atoms with Gasteiger partial charge in [-0.1, -0.05) is 32.1 Å². The molecule has 3 N–H and O–H groups in total. The van der Waals surface area contributed by atoms with Crippen LogP contribution in [0.5, 0.6) is 0 Å². The fourth-order valence-corrected chi connectivity index (χ4v) is 3.00. The van der Waals surface area contributed by atoms with Gasteiger partial charge in [-0.05, 0) is 19.8 Å². The second kappa shape index (κ2) is 8.78. The van der Waals surface area contributed by atoms with E-state index in [1.54, 1.807) is 6.92 Å². The van der Waals surface area contributed by atoms with E-state index in [1.807, 2.05) is 0 Å². The van der Waals surface area contributed by atoms with Gasteiger partial charge >= 0.3 is 12.0 Å². The van der Waals surface area contributed by atoms with Crippen LogP contribution in [0.1, 0.15) is 51.9 Å². The van der Waals surface area contributed by atoms with Gasteiger partial charge in [0.25, 0.3) is 0 Å². The molecule has 0 unspecified atom stereocenters.